The summed E-state index contributed by atoms with van der Waals surface area (Å²) in [5.74, 6) is -1.18. The third kappa shape index (κ3) is 2.72. The van der Waals surface area contributed by atoms with Crippen LogP contribution < -0.4 is 4.74 Å². The molecule has 0 saturated carbocycles. The van der Waals surface area contributed by atoms with Crippen molar-refractivity contribution in [1.29, 1.82) is 0 Å². The van der Waals surface area contributed by atoms with E-state index in [1.165, 1.54) is 27.0 Å². The van der Waals surface area contributed by atoms with E-state index in [0.717, 1.165) is 6.07 Å². The van der Waals surface area contributed by atoms with Crippen molar-refractivity contribution in [1.82, 2.24) is 4.57 Å². The van der Waals surface area contributed by atoms with Gasteiger partial charge in [-0.15, -0.1) is 0 Å². The van der Waals surface area contributed by atoms with Gasteiger partial charge in [0.2, 0.25) is 0 Å². The van der Waals surface area contributed by atoms with Gasteiger partial charge in [0.15, 0.2) is 11.6 Å². The van der Waals surface area contributed by atoms with Gasteiger partial charge in [-0.2, -0.15) is 13.2 Å². The smallest absolute Gasteiger partial charge is 0.432 e. The van der Waals surface area contributed by atoms with Crippen molar-refractivity contribution in [3.63, 3.8) is 0 Å². The van der Waals surface area contributed by atoms with Crippen LogP contribution in [0.4, 0.5) is 22.4 Å². The Kier molecular flexibility index (Phi) is 4.04. The van der Waals surface area contributed by atoms with E-state index in [2.05, 4.69) is 0 Å². The van der Waals surface area contributed by atoms with Crippen LogP contribution in [0.25, 0.3) is 10.9 Å². The molecule has 0 bridgehead atoms. The number of benzene rings is 1. The Hall–Kier alpha value is -2.25. The molecule has 0 N–H and O–H groups in total. The maximum absolute atomic E-state index is 14.1. The summed E-state index contributed by atoms with van der Waals surface area (Å²) in [6.07, 6.45) is -6.68. The van der Waals surface area contributed by atoms with Gasteiger partial charge < -0.3 is 9.47 Å². The molecule has 0 aliphatic rings. The molecule has 0 amide bonds. The fraction of sp³-hybridized carbons (Fsp3) is 0.357. The first-order valence-corrected chi connectivity index (χ1v) is 6.33. The van der Waals surface area contributed by atoms with Gasteiger partial charge in [-0.25, -0.2) is 13.8 Å². The number of carbonyl (C=O) groups is 1. The quantitative estimate of drug-likeness (QED) is 0.779. The van der Waals surface area contributed by atoms with Crippen LogP contribution in [-0.2, 0) is 10.9 Å². The lowest BCUT2D eigenvalue weighted by Crippen LogP contribution is -2.23. The van der Waals surface area contributed by atoms with Crippen LogP contribution in [0.5, 0.6) is 5.75 Å². The van der Waals surface area contributed by atoms with Gasteiger partial charge in [0, 0.05) is 5.39 Å². The van der Waals surface area contributed by atoms with Gasteiger partial charge >= 0.3 is 12.3 Å². The number of halogens is 4. The number of hydrogen-bond acceptors (Lipinski definition) is 3. The van der Waals surface area contributed by atoms with Crippen LogP contribution in [0.3, 0.4) is 0 Å². The fourth-order valence-corrected chi connectivity index (χ4v) is 2.04. The molecule has 2 aromatic rings. The Morgan fingerprint density at radius 3 is 2.41 bits per heavy atom. The molecule has 4 nitrogen and oxygen atoms in total. The van der Waals surface area contributed by atoms with E-state index in [0.29, 0.717) is 10.6 Å². The van der Waals surface area contributed by atoms with Gasteiger partial charge in [0.25, 0.3) is 0 Å². The second-order valence-corrected chi connectivity index (χ2v) is 4.81. The van der Waals surface area contributed by atoms with Gasteiger partial charge in [-0.3, -0.25) is 0 Å². The molecule has 22 heavy (non-hydrogen) atoms. The zero-order valence-corrected chi connectivity index (χ0v) is 12.0. The number of fused-ring (bicyclic) bond motifs is 1. The summed E-state index contributed by atoms with van der Waals surface area (Å²) in [5.41, 5.74) is -1.54. The van der Waals surface area contributed by atoms with Gasteiger partial charge in [-0.05, 0) is 32.0 Å². The number of methoxy groups -OCH3 is 1. The normalized spacial score (nSPS) is 12.0. The summed E-state index contributed by atoms with van der Waals surface area (Å²) in [6.45, 7) is 3.00. The minimum Gasteiger partial charge on any atom is -0.494 e. The lowest BCUT2D eigenvalue weighted by atomic mass is 10.2. The van der Waals surface area contributed by atoms with Crippen LogP contribution in [0.2, 0.25) is 0 Å². The Labute approximate surface area is 123 Å². The zero-order chi connectivity index (χ0) is 16.7. The van der Waals surface area contributed by atoms with Crippen molar-refractivity contribution >= 4 is 17.0 Å². The van der Waals surface area contributed by atoms with Crippen molar-refractivity contribution in [2.75, 3.05) is 7.11 Å². The highest BCUT2D eigenvalue weighted by molar-refractivity contribution is 5.92. The zero-order valence-electron chi connectivity index (χ0n) is 12.0. The molecule has 0 aliphatic carbocycles. The van der Waals surface area contributed by atoms with Crippen molar-refractivity contribution in [2.24, 2.45) is 0 Å². The predicted octanol–water partition coefficient (Wildman–Crippen LogP) is 4.20. The number of aromatic nitrogens is 1. The van der Waals surface area contributed by atoms with Crippen molar-refractivity contribution in [2.45, 2.75) is 26.1 Å². The average Bonchev–Trinajstić information content (AvgIpc) is 2.78. The second-order valence-electron chi connectivity index (χ2n) is 4.81. The third-order valence-electron chi connectivity index (χ3n) is 2.91. The number of rotatable bonds is 2. The molecule has 0 fully saturated rings. The van der Waals surface area contributed by atoms with E-state index in [1.807, 2.05) is 0 Å². The van der Waals surface area contributed by atoms with Gasteiger partial charge in [-0.1, -0.05) is 0 Å². The van der Waals surface area contributed by atoms with Crippen LogP contribution in [-0.4, -0.2) is 23.9 Å². The van der Waals surface area contributed by atoms with Gasteiger partial charge in [0.1, 0.15) is 5.69 Å². The first kappa shape index (κ1) is 16.1. The van der Waals surface area contributed by atoms with E-state index < -0.39 is 29.9 Å². The Balaban J connectivity index is 2.76. The summed E-state index contributed by atoms with van der Waals surface area (Å²) in [5, 5.41) is -0.368. The Bertz CT molecular complexity index is 719. The second kappa shape index (κ2) is 5.51. The van der Waals surface area contributed by atoms with Crippen molar-refractivity contribution in [3.8, 4) is 5.75 Å². The molecular formula is C14H13F4NO3. The highest BCUT2D eigenvalue weighted by atomic mass is 19.4. The molecular weight excluding hydrogens is 306 g/mol. The molecule has 1 aromatic heterocycles. The molecule has 8 heteroatoms. The van der Waals surface area contributed by atoms with Gasteiger partial charge in [0.05, 0.1) is 18.7 Å². The average molecular weight is 319 g/mol. The minimum atomic E-state index is -4.84. The fourth-order valence-electron chi connectivity index (χ4n) is 2.04. The maximum Gasteiger partial charge on any atom is 0.432 e. The monoisotopic (exact) mass is 319 g/mol. The highest BCUT2D eigenvalue weighted by Crippen LogP contribution is 2.37. The predicted molar refractivity (Wildman–Crippen MR) is 70.5 cm³/mol. The number of ether oxygens (including phenoxy) is 2. The minimum absolute atomic E-state index is 0.212. The molecule has 2 rings (SSSR count). The summed E-state index contributed by atoms with van der Waals surface area (Å²) in [4.78, 5) is 12.0. The lowest BCUT2D eigenvalue weighted by Gasteiger charge is -2.14. The third-order valence-corrected chi connectivity index (χ3v) is 2.91. The van der Waals surface area contributed by atoms with E-state index >= 15 is 0 Å². The summed E-state index contributed by atoms with van der Waals surface area (Å²) in [6, 6.07) is 2.89. The molecule has 0 unspecified atom stereocenters. The molecule has 0 saturated heterocycles. The number of nitrogens with zero attached hydrogens (tertiary/aromatic N) is 1. The van der Waals surface area contributed by atoms with Crippen molar-refractivity contribution < 1.29 is 31.8 Å². The van der Waals surface area contributed by atoms with E-state index in [4.69, 9.17) is 9.47 Å². The molecule has 120 valence electrons. The number of alkyl halides is 3. The molecule has 0 radical (unpaired) electrons. The topological polar surface area (TPSA) is 40.5 Å². The largest absolute Gasteiger partial charge is 0.494 e. The maximum atomic E-state index is 14.1. The number of hydrogen-bond donors (Lipinski definition) is 0. The molecule has 0 atom stereocenters. The summed E-state index contributed by atoms with van der Waals surface area (Å²) < 4.78 is 63.3. The number of carbonyl (C=O) groups excluding carboxylic acids is 1. The molecule has 1 aromatic carbocycles. The summed E-state index contributed by atoms with van der Waals surface area (Å²) in [7, 11) is 1.19. The standard InChI is InChI=1S/C14H13F4NO3/c1-7(2)22-13(20)19-9-4-5-10(21-3)12(15)8(9)6-11(19)14(16,17)18/h4-7H,1-3H3. The summed E-state index contributed by atoms with van der Waals surface area (Å²) >= 11 is 0. The SMILES string of the molecule is COc1ccc2c(cc(C(F)(F)F)n2C(=O)OC(C)C)c1F. The Morgan fingerprint density at radius 1 is 1.27 bits per heavy atom. The van der Waals surface area contributed by atoms with Crippen LogP contribution in [0.15, 0.2) is 18.2 Å². The van der Waals surface area contributed by atoms with Crippen LogP contribution >= 0.6 is 0 Å². The van der Waals surface area contributed by atoms with E-state index in [-0.39, 0.29) is 16.7 Å². The van der Waals surface area contributed by atoms with Crippen LogP contribution in [0, 0.1) is 5.82 Å². The lowest BCUT2D eigenvalue weighted by molar-refractivity contribution is -0.142. The van der Waals surface area contributed by atoms with Crippen LogP contribution in [0.1, 0.15) is 19.5 Å². The molecule has 0 spiro atoms. The van der Waals surface area contributed by atoms with E-state index in [1.54, 1.807) is 0 Å². The molecule has 1 heterocycles. The Morgan fingerprint density at radius 2 is 1.91 bits per heavy atom. The first-order chi connectivity index (χ1) is 10.2. The molecule has 0 aliphatic heterocycles. The highest BCUT2D eigenvalue weighted by Gasteiger charge is 2.38. The first-order valence-electron chi connectivity index (χ1n) is 6.33. The van der Waals surface area contributed by atoms with Crippen molar-refractivity contribution in [3.05, 3.63) is 29.7 Å². The van der Waals surface area contributed by atoms with E-state index in [9.17, 15) is 22.4 Å².